The minimum Gasteiger partial charge on any atom is -0.310 e. The Balaban J connectivity index is 1.67. The van der Waals surface area contributed by atoms with Crippen LogP contribution in [0.5, 0.6) is 0 Å². The average molecular weight is 498 g/mol. The van der Waals surface area contributed by atoms with Gasteiger partial charge < -0.3 is 4.90 Å². The molecule has 0 bridgehead atoms. The highest BCUT2D eigenvalue weighted by molar-refractivity contribution is 6.25. The number of hydrogen-bond acceptors (Lipinski definition) is 1. The van der Waals surface area contributed by atoms with Crippen molar-refractivity contribution in [3.05, 3.63) is 164 Å². The smallest absolute Gasteiger partial charge is 0.0546 e. The van der Waals surface area contributed by atoms with E-state index >= 15 is 0 Å². The Kier molecular flexibility index (Phi) is 5.88. The predicted octanol–water partition coefficient (Wildman–Crippen LogP) is 10.8. The fraction of sp³-hybridized carbons (Fsp3) is 0. The van der Waals surface area contributed by atoms with E-state index in [1.807, 2.05) is 0 Å². The van der Waals surface area contributed by atoms with Gasteiger partial charge in [-0.15, -0.1) is 0 Å². The van der Waals surface area contributed by atoms with Crippen molar-refractivity contribution in [1.82, 2.24) is 0 Å². The molecule has 1 heteroatoms. The summed E-state index contributed by atoms with van der Waals surface area (Å²) in [7, 11) is 0. The third kappa shape index (κ3) is 4.05. The number of anilines is 3. The van der Waals surface area contributed by atoms with E-state index in [1.54, 1.807) is 0 Å². The lowest BCUT2D eigenvalue weighted by Crippen LogP contribution is -2.10. The second kappa shape index (κ2) is 9.96. The number of rotatable bonds is 5. The van der Waals surface area contributed by atoms with Crippen molar-refractivity contribution in [2.75, 3.05) is 4.90 Å². The molecule has 0 aliphatic rings. The van der Waals surface area contributed by atoms with E-state index in [-0.39, 0.29) is 0 Å². The molecule has 0 fully saturated rings. The summed E-state index contributed by atoms with van der Waals surface area (Å²) >= 11 is 0. The van der Waals surface area contributed by atoms with Crippen LogP contribution in [0.1, 0.15) is 0 Å². The lowest BCUT2D eigenvalue weighted by atomic mass is 9.84. The van der Waals surface area contributed by atoms with Crippen molar-refractivity contribution in [3.63, 3.8) is 0 Å². The van der Waals surface area contributed by atoms with Crippen LogP contribution in [0.15, 0.2) is 164 Å². The zero-order valence-corrected chi connectivity index (χ0v) is 21.5. The molecule has 7 aromatic carbocycles. The molecule has 0 unspecified atom stereocenters. The number of nitrogens with zero attached hydrogens (tertiary/aromatic N) is 1. The minimum atomic E-state index is 1.13. The van der Waals surface area contributed by atoms with Crippen LogP contribution in [0, 0.1) is 0 Å². The normalized spacial score (nSPS) is 11.1. The van der Waals surface area contributed by atoms with Crippen LogP contribution in [0.3, 0.4) is 0 Å². The highest BCUT2D eigenvalue weighted by atomic mass is 15.1. The van der Waals surface area contributed by atoms with E-state index in [0.717, 1.165) is 17.1 Å². The molecule has 0 aliphatic carbocycles. The summed E-state index contributed by atoms with van der Waals surface area (Å²) in [5, 5.41) is 4.99. The van der Waals surface area contributed by atoms with Gasteiger partial charge in [0.1, 0.15) is 0 Å². The van der Waals surface area contributed by atoms with Gasteiger partial charge in [0, 0.05) is 16.8 Å². The van der Waals surface area contributed by atoms with E-state index < -0.39 is 0 Å². The number of hydrogen-bond donors (Lipinski definition) is 0. The lowest BCUT2D eigenvalue weighted by molar-refractivity contribution is 1.30. The summed E-state index contributed by atoms with van der Waals surface area (Å²) in [6.45, 7) is 0. The van der Waals surface area contributed by atoms with Crippen LogP contribution >= 0.6 is 0 Å². The number of para-hydroxylation sites is 2. The summed E-state index contributed by atoms with van der Waals surface area (Å²) < 4.78 is 0. The van der Waals surface area contributed by atoms with Gasteiger partial charge in [-0.25, -0.2) is 0 Å². The van der Waals surface area contributed by atoms with E-state index in [2.05, 4.69) is 169 Å². The van der Waals surface area contributed by atoms with Crippen molar-refractivity contribution in [2.24, 2.45) is 0 Å². The molecule has 39 heavy (non-hydrogen) atoms. The Bertz CT molecular complexity index is 1840. The molecule has 0 aromatic heterocycles. The van der Waals surface area contributed by atoms with Crippen molar-refractivity contribution < 1.29 is 0 Å². The molecular weight excluding hydrogens is 470 g/mol. The van der Waals surface area contributed by atoms with Gasteiger partial charge >= 0.3 is 0 Å². The van der Waals surface area contributed by atoms with Gasteiger partial charge in [0.25, 0.3) is 0 Å². The highest BCUT2D eigenvalue weighted by Gasteiger charge is 2.22. The first-order valence-electron chi connectivity index (χ1n) is 13.4. The van der Waals surface area contributed by atoms with Gasteiger partial charge in [-0.2, -0.15) is 0 Å². The summed E-state index contributed by atoms with van der Waals surface area (Å²) in [6, 6.07) is 58.6. The molecule has 0 heterocycles. The average Bonchev–Trinajstić information content (AvgIpc) is 3.02. The highest BCUT2D eigenvalue weighted by Crippen LogP contribution is 2.49. The molecule has 0 aliphatic heterocycles. The Morgan fingerprint density at radius 3 is 1.26 bits per heavy atom. The standard InChI is InChI=1S/C38H27N/c1-5-16-28(17-6-1)36-32-24-13-14-25-33(32)38-34(37(36)29-18-7-2-8-19-29)26-15-27-35(38)39(30-20-9-3-10-21-30)31-22-11-4-12-23-31/h1-27H. The van der Waals surface area contributed by atoms with Crippen LogP contribution in [-0.2, 0) is 0 Å². The zero-order valence-electron chi connectivity index (χ0n) is 21.5. The SMILES string of the molecule is c1ccc(-c2c(-c3ccccc3)c3cccc(N(c4ccccc4)c4ccccc4)c3c3ccccc23)cc1. The summed E-state index contributed by atoms with van der Waals surface area (Å²) in [5.74, 6) is 0. The van der Waals surface area contributed by atoms with Gasteiger partial charge in [0.15, 0.2) is 0 Å². The van der Waals surface area contributed by atoms with Gasteiger partial charge in [-0.3, -0.25) is 0 Å². The molecule has 0 saturated carbocycles. The van der Waals surface area contributed by atoms with Gasteiger partial charge in [0.05, 0.1) is 5.69 Å². The van der Waals surface area contributed by atoms with Gasteiger partial charge in [-0.05, 0) is 68.7 Å². The molecular formula is C38H27N. The second-order valence-electron chi connectivity index (χ2n) is 9.73. The van der Waals surface area contributed by atoms with Crippen molar-refractivity contribution in [1.29, 1.82) is 0 Å². The maximum atomic E-state index is 2.38. The van der Waals surface area contributed by atoms with Crippen molar-refractivity contribution in [3.8, 4) is 22.3 Å². The molecule has 7 rings (SSSR count). The second-order valence-corrected chi connectivity index (χ2v) is 9.73. The molecule has 184 valence electrons. The van der Waals surface area contributed by atoms with Gasteiger partial charge in [-0.1, -0.05) is 133 Å². The Morgan fingerprint density at radius 2 is 0.718 bits per heavy atom. The largest absolute Gasteiger partial charge is 0.310 e. The monoisotopic (exact) mass is 497 g/mol. The topological polar surface area (TPSA) is 3.24 Å². The molecule has 0 radical (unpaired) electrons. The first kappa shape index (κ1) is 23.0. The summed E-state index contributed by atoms with van der Waals surface area (Å²) in [4.78, 5) is 2.38. The van der Waals surface area contributed by atoms with E-state index in [0.29, 0.717) is 0 Å². The van der Waals surface area contributed by atoms with E-state index in [9.17, 15) is 0 Å². The molecule has 0 spiro atoms. The Morgan fingerprint density at radius 1 is 0.308 bits per heavy atom. The van der Waals surface area contributed by atoms with Crippen LogP contribution in [0.4, 0.5) is 17.1 Å². The third-order valence-corrected chi connectivity index (χ3v) is 7.42. The first-order chi connectivity index (χ1) is 19.4. The summed E-state index contributed by atoms with van der Waals surface area (Å²) in [5.41, 5.74) is 8.41. The number of fused-ring (bicyclic) bond motifs is 3. The zero-order chi connectivity index (χ0) is 26.0. The van der Waals surface area contributed by atoms with Crippen LogP contribution in [0.25, 0.3) is 43.8 Å². The van der Waals surface area contributed by atoms with E-state index in [4.69, 9.17) is 0 Å². The van der Waals surface area contributed by atoms with Crippen LogP contribution in [-0.4, -0.2) is 0 Å². The molecule has 0 N–H and O–H groups in total. The number of benzene rings is 7. The fourth-order valence-corrected chi connectivity index (χ4v) is 5.80. The first-order valence-corrected chi connectivity index (χ1v) is 13.4. The maximum absolute atomic E-state index is 2.38. The minimum absolute atomic E-state index is 1.13. The maximum Gasteiger partial charge on any atom is 0.0546 e. The predicted molar refractivity (Wildman–Crippen MR) is 167 cm³/mol. The Labute approximate surface area is 229 Å². The Hall–Kier alpha value is -5.14. The molecule has 0 amide bonds. The fourth-order valence-electron chi connectivity index (χ4n) is 5.80. The van der Waals surface area contributed by atoms with Crippen molar-refractivity contribution >= 4 is 38.6 Å². The van der Waals surface area contributed by atoms with Crippen LogP contribution in [0.2, 0.25) is 0 Å². The quantitative estimate of drug-likeness (QED) is 0.214. The van der Waals surface area contributed by atoms with E-state index in [1.165, 1.54) is 43.8 Å². The van der Waals surface area contributed by atoms with Gasteiger partial charge in [0.2, 0.25) is 0 Å². The third-order valence-electron chi connectivity index (χ3n) is 7.42. The van der Waals surface area contributed by atoms with Crippen molar-refractivity contribution in [2.45, 2.75) is 0 Å². The molecule has 0 atom stereocenters. The lowest BCUT2D eigenvalue weighted by Gasteiger charge is -2.28. The summed E-state index contributed by atoms with van der Waals surface area (Å²) in [6.07, 6.45) is 0. The molecule has 0 saturated heterocycles. The molecule has 7 aromatic rings. The molecule has 1 nitrogen and oxygen atoms in total. The van der Waals surface area contributed by atoms with Crippen LogP contribution < -0.4 is 4.90 Å².